The van der Waals surface area contributed by atoms with Gasteiger partial charge in [-0.05, 0) is 29.0 Å². The van der Waals surface area contributed by atoms with Crippen LogP contribution in [0.5, 0.6) is 0 Å². The Hall–Kier alpha value is -2.92. The second-order valence-corrected chi connectivity index (χ2v) is 6.54. The van der Waals surface area contributed by atoms with Gasteiger partial charge in [-0.25, -0.2) is 0 Å². The van der Waals surface area contributed by atoms with Crippen LogP contribution in [0.3, 0.4) is 0 Å². The van der Waals surface area contributed by atoms with Gasteiger partial charge >= 0.3 is 0 Å². The first-order valence-corrected chi connectivity index (χ1v) is 8.90. The molecule has 0 N–H and O–H groups in total. The van der Waals surface area contributed by atoms with Crippen LogP contribution in [0.1, 0.15) is 10.4 Å². The molecule has 122 valence electrons. The van der Waals surface area contributed by atoms with Gasteiger partial charge in [0.05, 0.1) is 5.75 Å². The van der Waals surface area contributed by atoms with E-state index in [9.17, 15) is 4.79 Å². The highest BCUT2D eigenvalue weighted by Crippen LogP contribution is 2.22. The number of carbonyl (C=O) groups is 1. The molecule has 0 fully saturated rings. The minimum atomic E-state index is 0.0818. The smallest absolute Gasteiger partial charge is 0.196 e. The van der Waals surface area contributed by atoms with Crippen LogP contribution < -0.4 is 0 Å². The molecule has 1 heterocycles. The molecule has 1 aromatic heterocycles. The molecule has 4 nitrogen and oxygen atoms in total. The Bertz CT molecular complexity index is 1030. The topological polar surface area (TPSA) is 47.8 Å². The van der Waals surface area contributed by atoms with Crippen LogP contribution in [0.25, 0.3) is 16.5 Å². The number of aromatic nitrogens is 3. The van der Waals surface area contributed by atoms with Gasteiger partial charge in [0.2, 0.25) is 0 Å². The molecule has 0 unspecified atom stereocenters. The monoisotopic (exact) mass is 345 g/mol. The largest absolute Gasteiger partial charge is 0.293 e. The van der Waals surface area contributed by atoms with E-state index in [-0.39, 0.29) is 5.78 Å². The van der Waals surface area contributed by atoms with E-state index in [4.69, 9.17) is 0 Å². The Morgan fingerprint density at radius 2 is 1.68 bits per heavy atom. The standard InChI is InChI=1S/C20H15N3OS/c24-19(17-11-10-15-6-4-5-7-16(15)12-17)13-25-20-22-21-14-23(20)18-8-2-1-3-9-18/h1-12,14H,13H2. The van der Waals surface area contributed by atoms with Crippen molar-refractivity contribution in [3.63, 3.8) is 0 Å². The third-order valence-corrected chi connectivity index (χ3v) is 4.90. The lowest BCUT2D eigenvalue weighted by molar-refractivity contribution is 0.102. The van der Waals surface area contributed by atoms with Gasteiger partial charge in [0, 0.05) is 11.3 Å². The molecule has 5 heteroatoms. The number of nitrogens with zero attached hydrogens (tertiary/aromatic N) is 3. The van der Waals surface area contributed by atoms with Crippen molar-refractivity contribution in [1.82, 2.24) is 14.8 Å². The highest BCUT2D eigenvalue weighted by atomic mass is 32.2. The Morgan fingerprint density at radius 1 is 0.920 bits per heavy atom. The van der Waals surface area contributed by atoms with E-state index in [1.54, 1.807) is 6.33 Å². The molecule has 0 aliphatic heterocycles. The molecule has 0 aliphatic rings. The molecule has 4 rings (SSSR count). The zero-order valence-electron chi connectivity index (χ0n) is 13.4. The molecule has 0 saturated carbocycles. The van der Waals surface area contributed by atoms with Crippen LogP contribution in [0.2, 0.25) is 0 Å². The van der Waals surface area contributed by atoms with E-state index < -0.39 is 0 Å². The minimum absolute atomic E-state index is 0.0818. The van der Waals surface area contributed by atoms with Crippen LogP contribution in [0.15, 0.2) is 84.3 Å². The van der Waals surface area contributed by atoms with Gasteiger partial charge in [0.25, 0.3) is 0 Å². The van der Waals surface area contributed by atoms with E-state index in [0.29, 0.717) is 10.9 Å². The maximum absolute atomic E-state index is 12.6. The summed E-state index contributed by atoms with van der Waals surface area (Å²) in [7, 11) is 0. The van der Waals surface area contributed by atoms with Gasteiger partial charge in [-0.2, -0.15) is 0 Å². The molecule has 25 heavy (non-hydrogen) atoms. The summed E-state index contributed by atoms with van der Waals surface area (Å²) < 4.78 is 1.89. The van der Waals surface area contributed by atoms with Crippen molar-refractivity contribution in [2.24, 2.45) is 0 Å². The van der Waals surface area contributed by atoms with Crippen molar-refractivity contribution in [2.45, 2.75) is 5.16 Å². The second kappa shape index (κ2) is 6.91. The Morgan fingerprint density at radius 3 is 2.52 bits per heavy atom. The van der Waals surface area contributed by atoms with Crippen molar-refractivity contribution >= 4 is 28.3 Å². The number of thioether (sulfide) groups is 1. The molecule has 0 radical (unpaired) electrons. The van der Waals surface area contributed by atoms with Crippen LogP contribution in [-0.4, -0.2) is 26.3 Å². The molecular weight excluding hydrogens is 330 g/mol. The Kier molecular flexibility index (Phi) is 4.31. The normalized spacial score (nSPS) is 10.9. The molecule has 3 aromatic carbocycles. The molecular formula is C20H15N3OS. The van der Waals surface area contributed by atoms with E-state index in [0.717, 1.165) is 22.0 Å². The third-order valence-electron chi connectivity index (χ3n) is 3.95. The molecule has 0 bridgehead atoms. The second-order valence-electron chi connectivity index (χ2n) is 5.59. The predicted molar refractivity (Wildman–Crippen MR) is 100 cm³/mol. The average molecular weight is 345 g/mol. The van der Waals surface area contributed by atoms with E-state index in [1.807, 2.05) is 77.4 Å². The fourth-order valence-corrected chi connectivity index (χ4v) is 3.49. The van der Waals surface area contributed by atoms with Crippen molar-refractivity contribution < 1.29 is 4.79 Å². The summed E-state index contributed by atoms with van der Waals surface area (Å²) >= 11 is 1.40. The molecule has 0 saturated heterocycles. The lowest BCUT2D eigenvalue weighted by Crippen LogP contribution is -2.04. The highest BCUT2D eigenvalue weighted by molar-refractivity contribution is 7.99. The molecule has 0 atom stereocenters. The summed E-state index contributed by atoms with van der Waals surface area (Å²) in [6.07, 6.45) is 1.66. The number of hydrogen-bond acceptors (Lipinski definition) is 4. The first-order valence-electron chi connectivity index (χ1n) is 7.91. The number of para-hydroxylation sites is 1. The number of benzene rings is 3. The highest BCUT2D eigenvalue weighted by Gasteiger charge is 2.12. The number of ketones is 1. The summed E-state index contributed by atoms with van der Waals surface area (Å²) in [6.45, 7) is 0. The van der Waals surface area contributed by atoms with Crippen molar-refractivity contribution in [3.8, 4) is 5.69 Å². The molecule has 4 aromatic rings. The van der Waals surface area contributed by atoms with Gasteiger partial charge in [0.15, 0.2) is 10.9 Å². The van der Waals surface area contributed by atoms with Gasteiger partial charge in [0.1, 0.15) is 6.33 Å². The zero-order valence-corrected chi connectivity index (χ0v) is 14.2. The summed E-state index contributed by atoms with van der Waals surface area (Å²) in [5, 5.41) is 11.0. The quantitative estimate of drug-likeness (QED) is 0.397. The lowest BCUT2D eigenvalue weighted by atomic mass is 10.1. The van der Waals surface area contributed by atoms with E-state index in [2.05, 4.69) is 10.2 Å². The summed E-state index contributed by atoms with van der Waals surface area (Å²) in [6, 6.07) is 23.7. The number of carbonyl (C=O) groups excluding carboxylic acids is 1. The number of Topliss-reactive ketones (excluding diaryl/α,β-unsaturated/α-hetero) is 1. The number of hydrogen-bond donors (Lipinski definition) is 0. The van der Waals surface area contributed by atoms with Crippen molar-refractivity contribution in [3.05, 3.63) is 84.7 Å². The van der Waals surface area contributed by atoms with Crippen LogP contribution >= 0.6 is 11.8 Å². The fourth-order valence-electron chi connectivity index (χ4n) is 2.66. The maximum atomic E-state index is 12.6. The summed E-state index contributed by atoms with van der Waals surface area (Å²) in [5.41, 5.74) is 1.70. The average Bonchev–Trinajstić information content (AvgIpc) is 3.15. The maximum Gasteiger partial charge on any atom is 0.196 e. The van der Waals surface area contributed by atoms with Crippen molar-refractivity contribution in [2.75, 3.05) is 5.75 Å². The summed E-state index contributed by atoms with van der Waals surface area (Å²) in [4.78, 5) is 12.6. The lowest BCUT2D eigenvalue weighted by Gasteiger charge is -2.06. The SMILES string of the molecule is O=C(CSc1nncn1-c1ccccc1)c1ccc2ccccc2c1. The first-order chi connectivity index (χ1) is 12.3. The molecule has 0 aliphatic carbocycles. The predicted octanol–water partition coefficient (Wildman–Crippen LogP) is 4.40. The molecule has 0 spiro atoms. The van der Waals surface area contributed by atoms with Gasteiger partial charge in [-0.3, -0.25) is 9.36 Å². The van der Waals surface area contributed by atoms with Gasteiger partial charge < -0.3 is 0 Å². The van der Waals surface area contributed by atoms with Crippen LogP contribution in [0, 0.1) is 0 Å². The van der Waals surface area contributed by atoms with Crippen LogP contribution in [-0.2, 0) is 0 Å². The minimum Gasteiger partial charge on any atom is -0.293 e. The molecule has 0 amide bonds. The van der Waals surface area contributed by atoms with Gasteiger partial charge in [-0.1, -0.05) is 66.4 Å². The summed E-state index contributed by atoms with van der Waals surface area (Å²) in [5.74, 6) is 0.405. The van der Waals surface area contributed by atoms with Gasteiger partial charge in [-0.15, -0.1) is 10.2 Å². The first kappa shape index (κ1) is 15.6. The Balaban J connectivity index is 1.51. The Labute approximate surface area is 149 Å². The van der Waals surface area contributed by atoms with E-state index in [1.165, 1.54) is 11.8 Å². The van der Waals surface area contributed by atoms with Crippen molar-refractivity contribution in [1.29, 1.82) is 0 Å². The third kappa shape index (κ3) is 3.32. The number of fused-ring (bicyclic) bond motifs is 1. The number of rotatable bonds is 5. The zero-order chi connectivity index (χ0) is 17.1. The van der Waals surface area contributed by atoms with Crippen LogP contribution in [0.4, 0.5) is 0 Å². The fraction of sp³-hybridized carbons (Fsp3) is 0.0500. The van der Waals surface area contributed by atoms with E-state index >= 15 is 0 Å².